The molecule has 4 aromatic rings. The summed E-state index contributed by atoms with van der Waals surface area (Å²) < 4.78 is 6.59. The van der Waals surface area contributed by atoms with Crippen LogP contribution in [0.15, 0.2) is 82.6 Å². The predicted octanol–water partition coefficient (Wildman–Crippen LogP) is 3.97. The number of nitro groups is 1. The molecule has 3 unspecified atom stereocenters. The molecule has 1 aromatic heterocycles. The van der Waals surface area contributed by atoms with Crippen molar-refractivity contribution in [1.82, 2.24) is 4.57 Å². The second-order valence-electron chi connectivity index (χ2n) is 9.82. The number of rotatable bonds is 7. The van der Waals surface area contributed by atoms with Crippen LogP contribution in [0.2, 0.25) is 0 Å². The second kappa shape index (κ2) is 11.0. The van der Waals surface area contributed by atoms with Crippen molar-refractivity contribution in [2.24, 2.45) is 5.92 Å². The fraction of sp³-hybridized carbons (Fsp3) is 0.172. The summed E-state index contributed by atoms with van der Waals surface area (Å²) in [4.78, 5) is 65.8. The number of carbonyl (C=O) groups excluding carboxylic acids is 3. The van der Waals surface area contributed by atoms with Crippen LogP contribution in [0.25, 0.3) is 0 Å². The molecule has 218 valence electrons. The van der Waals surface area contributed by atoms with Gasteiger partial charge in [-0.3, -0.25) is 33.9 Å². The van der Waals surface area contributed by atoms with Crippen molar-refractivity contribution in [3.05, 3.63) is 103 Å². The summed E-state index contributed by atoms with van der Waals surface area (Å²) >= 11 is 1.98. The number of benzene rings is 3. The third-order valence-corrected chi connectivity index (χ3v) is 9.90. The number of phenolic OH excluding ortho intramolecular Hbond substituents is 1. The zero-order valence-corrected chi connectivity index (χ0v) is 24.0. The molecule has 1 fully saturated rings. The van der Waals surface area contributed by atoms with Crippen LogP contribution in [-0.2, 0) is 20.9 Å². The number of fused-ring (bicyclic) bond motifs is 2. The standard InChI is InChI=1S/C29H22N4O8S2/c1-41-20-12-2-15(3-13-20)22-23-24(27(37)32(26(23)36)17-6-8-18(9-7-17)33(39)40)42-28-25(22)43-29(38)31(28)14-21(35)30-16-4-10-19(34)11-5-16/h2-13,22-24,34H,14H2,1H3,(H,30,35). The highest BCUT2D eigenvalue weighted by atomic mass is 32.2. The Kier molecular flexibility index (Phi) is 7.23. The maximum absolute atomic E-state index is 14.0. The number of carbonyl (C=O) groups is 3. The summed E-state index contributed by atoms with van der Waals surface area (Å²) in [6.45, 7) is -0.334. The van der Waals surface area contributed by atoms with E-state index in [9.17, 15) is 34.4 Å². The van der Waals surface area contributed by atoms with Crippen LogP contribution >= 0.6 is 23.1 Å². The van der Waals surface area contributed by atoms with Crippen LogP contribution in [-0.4, -0.2) is 44.7 Å². The van der Waals surface area contributed by atoms with E-state index in [0.29, 0.717) is 26.9 Å². The van der Waals surface area contributed by atoms with Gasteiger partial charge in [0.05, 0.1) is 28.7 Å². The fourth-order valence-electron chi connectivity index (χ4n) is 5.29. The second-order valence-corrected chi connectivity index (χ2v) is 11.9. The van der Waals surface area contributed by atoms with E-state index in [0.717, 1.165) is 28.0 Å². The van der Waals surface area contributed by atoms with Gasteiger partial charge in [0, 0.05) is 28.6 Å². The lowest BCUT2D eigenvalue weighted by Crippen LogP contribution is -2.33. The Hall–Kier alpha value is -4.95. The smallest absolute Gasteiger partial charge is 0.308 e. The molecule has 0 saturated carbocycles. The van der Waals surface area contributed by atoms with Crippen molar-refractivity contribution in [3.63, 3.8) is 0 Å². The van der Waals surface area contributed by atoms with Crippen LogP contribution in [0.4, 0.5) is 17.1 Å². The molecule has 3 atom stereocenters. The van der Waals surface area contributed by atoms with Crippen LogP contribution in [0.3, 0.4) is 0 Å². The SMILES string of the molecule is COc1ccc(C2c3sc(=O)n(CC(=O)Nc4ccc(O)cc4)c3SC3C(=O)N(c4ccc([N+](=O)[O-])cc4)C(=O)C32)cc1. The van der Waals surface area contributed by atoms with E-state index in [1.54, 1.807) is 24.3 Å². The number of hydrogen-bond donors (Lipinski definition) is 2. The van der Waals surface area contributed by atoms with Crippen molar-refractivity contribution >= 4 is 57.9 Å². The first-order chi connectivity index (χ1) is 20.7. The number of aromatic nitrogens is 1. The van der Waals surface area contributed by atoms with Crippen LogP contribution < -0.4 is 19.8 Å². The van der Waals surface area contributed by atoms with E-state index in [4.69, 9.17) is 4.74 Å². The Morgan fingerprint density at radius 1 is 1.00 bits per heavy atom. The quantitative estimate of drug-likeness (QED) is 0.135. The van der Waals surface area contributed by atoms with Gasteiger partial charge >= 0.3 is 4.87 Å². The number of phenols is 1. The Morgan fingerprint density at radius 2 is 1.67 bits per heavy atom. The molecule has 3 amide bonds. The lowest BCUT2D eigenvalue weighted by Gasteiger charge is -2.30. The van der Waals surface area contributed by atoms with Crippen LogP contribution in [0, 0.1) is 16.0 Å². The molecular weight excluding hydrogens is 596 g/mol. The number of methoxy groups -OCH3 is 1. The maximum atomic E-state index is 14.0. The molecule has 6 rings (SSSR count). The number of aromatic hydroxyl groups is 1. The Bertz CT molecular complexity index is 1820. The van der Waals surface area contributed by atoms with Crippen LogP contribution in [0.1, 0.15) is 16.4 Å². The summed E-state index contributed by atoms with van der Waals surface area (Å²) in [6, 6.07) is 18.1. The molecule has 0 spiro atoms. The molecule has 1 saturated heterocycles. The molecule has 0 radical (unpaired) electrons. The highest BCUT2D eigenvalue weighted by Crippen LogP contribution is 2.54. The van der Waals surface area contributed by atoms with Crippen molar-refractivity contribution in [2.75, 3.05) is 17.3 Å². The predicted molar refractivity (Wildman–Crippen MR) is 159 cm³/mol. The summed E-state index contributed by atoms with van der Waals surface area (Å²) in [7, 11) is 1.52. The zero-order chi connectivity index (χ0) is 30.4. The molecule has 14 heteroatoms. The van der Waals surface area contributed by atoms with Crippen molar-refractivity contribution in [3.8, 4) is 11.5 Å². The third-order valence-electron chi connectivity index (χ3n) is 7.30. The average Bonchev–Trinajstić information content (AvgIpc) is 3.44. The number of nitro benzene ring substituents is 1. The van der Waals surface area contributed by atoms with Gasteiger partial charge in [0.2, 0.25) is 17.7 Å². The molecule has 0 aliphatic carbocycles. The number of non-ortho nitro benzene ring substituents is 1. The summed E-state index contributed by atoms with van der Waals surface area (Å²) in [6.07, 6.45) is 0. The highest BCUT2D eigenvalue weighted by molar-refractivity contribution is 8.00. The van der Waals surface area contributed by atoms with E-state index in [2.05, 4.69) is 5.32 Å². The molecule has 3 aromatic carbocycles. The molecule has 43 heavy (non-hydrogen) atoms. The van der Waals surface area contributed by atoms with Gasteiger partial charge in [-0.1, -0.05) is 35.2 Å². The van der Waals surface area contributed by atoms with Gasteiger partial charge in [-0.15, -0.1) is 0 Å². The molecule has 3 heterocycles. The number of amides is 3. The van der Waals surface area contributed by atoms with Crippen molar-refractivity contribution < 1.29 is 29.2 Å². The normalized spacial score (nSPS) is 19.1. The number of thioether (sulfide) groups is 1. The van der Waals surface area contributed by atoms with E-state index < -0.39 is 44.6 Å². The number of thiazole rings is 1. The number of nitrogens with zero attached hydrogens (tertiary/aromatic N) is 3. The minimum atomic E-state index is -0.914. The lowest BCUT2D eigenvalue weighted by atomic mass is 9.83. The number of anilines is 2. The van der Waals surface area contributed by atoms with E-state index in [-0.39, 0.29) is 23.7 Å². The van der Waals surface area contributed by atoms with E-state index in [1.165, 1.54) is 60.2 Å². The number of hydrogen-bond acceptors (Lipinski definition) is 10. The van der Waals surface area contributed by atoms with Gasteiger partial charge in [0.25, 0.3) is 5.69 Å². The number of imide groups is 1. The molecular formula is C29H22N4O8S2. The van der Waals surface area contributed by atoms with Gasteiger partial charge in [-0.25, -0.2) is 4.90 Å². The molecule has 12 nitrogen and oxygen atoms in total. The number of nitrogens with one attached hydrogen (secondary N) is 1. The molecule has 2 N–H and O–H groups in total. The van der Waals surface area contributed by atoms with Crippen LogP contribution in [0.5, 0.6) is 11.5 Å². The lowest BCUT2D eigenvalue weighted by molar-refractivity contribution is -0.384. The molecule has 2 aliphatic rings. The fourth-order valence-corrected chi connectivity index (χ4v) is 8.07. The first-order valence-electron chi connectivity index (χ1n) is 12.9. The summed E-state index contributed by atoms with van der Waals surface area (Å²) in [5, 5.41) is 22.8. The minimum absolute atomic E-state index is 0.0372. The zero-order valence-electron chi connectivity index (χ0n) is 22.3. The minimum Gasteiger partial charge on any atom is -0.508 e. The maximum Gasteiger partial charge on any atom is 0.308 e. The van der Waals surface area contributed by atoms with Gasteiger partial charge in [-0.2, -0.15) is 0 Å². The Balaban J connectivity index is 1.39. The summed E-state index contributed by atoms with van der Waals surface area (Å²) in [5.41, 5.74) is 1.14. The van der Waals surface area contributed by atoms with E-state index >= 15 is 0 Å². The topological polar surface area (TPSA) is 161 Å². The van der Waals surface area contributed by atoms with Gasteiger partial charge in [-0.05, 0) is 54.1 Å². The third kappa shape index (κ3) is 5.04. The summed E-state index contributed by atoms with van der Waals surface area (Å²) in [5.74, 6) is -2.41. The van der Waals surface area contributed by atoms with Crippen molar-refractivity contribution in [2.45, 2.75) is 22.7 Å². The van der Waals surface area contributed by atoms with Gasteiger partial charge in [0.1, 0.15) is 23.3 Å². The largest absolute Gasteiger partial charge is 0.508 e. The first kappa shape index (κ1) is 28.2. The average molecular weight is 619 g/mol. The monoisotopic (exact) mass is 618 g/mol. The first-order valence-corrected chi connectivity index (χ1v) is 14.6. The van der Waals surface area contributed by atoms with Gasteiger partial charge < -0.3 is 15.2 Å². The molecule has 0 bridgehead atoms. The number of ether oxygens (including phenoxy) is 1. The van der Waals surface area contributed by atoms with E-state index in [1.807, 2.05) is 0 Å². The Labute approximate surface area is 251 Å². The Morgan fingerprint density at radius 3 is 2.30 bits per heavy atom. The van der Waals surface area contributed by atoms with Gasteiger partial charge in [0.15, 0.2) is 0 Å². The molecule has 2 aliphatic heterocycles. The van der Waals surface area contributed by atoms with Crippen molar-refractivity contribution in [1.29, 1.82) is 0 Å². The highest BCUT2D eigenvalue weighted by Gasteiger charge is 2.56.